The van der Waals surface area contributed by atoms with Crippen molar-refractivity contribution in [2.45, 2.75) is 26.3 Å². The number of nitriles is 1. The average molecular weight is 287 g/mol. The van der Waals surface area contributed by atoms with Crippen LogP contribution in [0.25, 0.3) is 0 Å². The average Bonchev–Trinajstić information content (AvgIpc) is 2.49. The number of piperazine rings is 1. The molecule has 1 heterocycles. The third kappa shape index (κ3) is 4.73. The maximum atomic E-state index is 8.64. The Morgan fingerprint density at radius 3 is 2.67 bits per heavy atom. The largest absolute Gasteiger partial charge is 0.492 e. The lowest BCUT2D eigenvalue weighted by molar-refractivity contribution is 0.0781. The van der Waals surface area contributed by atoms with Crippen molar-refractivity contribution in [2.75, 3.05) is 39.3 Å². The molecule has 0 saturated carbocycles. The van der Waals surface area contributed by atoms with Crippen LogP contribution in [0.15, 0.2) is 24.3 Å². The molecule has 1 aliphatic heterocycles. The Bertz CT molecular complexity index is 466. The van der Waals surface area contributed by atoms with Crippen LogP contribution in [0.1, 0.15) is 19.4 Å². The Labute approximate surface area is 127 Å². The van der Waals surface area contributed by atoms with Crippen molar-refractivity contribution >= 4 is 0 Å². The molecule has 0 aromatic heterocycles. The number of ether oxygens (including phenoxy) is 1. The van der Waals surface area contributed by atoms with Crippen LogP contribution >= 0.6 is 0 Å². The van der Waals surface area contributed by atoms with Gasteiger partial charge in [-0.2, -0.15) is 5.26 Å². The molecule has 0 radical (unpaired) electrons. The van der Waals surface area contributed by atoms with Gasteiger partial charge >= 0.3 is 0 Å². The first-order valence-corrected chi connectivity index (χ1v) is 7.78. The molecule has 0 N–H and O–H groups in total. The van der Waals surface area contributed by atoms with Crippen LogP contribution in [0, 0.1) is 11.3 Å². The van der Waals surface area contributed by atoms with Crippen molar-refractivity contribution < 1.29 is 4.74 Å². The molecule has 2 rings (SSSR count). The van der Waals surface area contributed by atoms with Crippen LogP contribution in [0.5, 0.6) is 5.75 Å². The maximum Gasteiger partial charge on any atom is 0.119 e. The smallest absolute Gasteiger partial charge is 0.119 e. The molecule has 1 aromatic carbocycles. The predicted molar refractivity (Wildman–Crippen MR) is 84.4 cm³/mol. The zero-order valence-corrected chi connectivity index (χ0v) is 13.1. The van der Waals surface area contributed by atoms with Gasteiger partial charge in [0.2, 0.25) is 0 Å². The van der Waals surface area contributed by atoms with Crippen molar-refractivity contribution in [1.29, 1.82) is 5.26 Å². The van der Waals surface area contributed by atoms with E-state index in [-0.39, 0.29) is 0 Å². The lowest BCUT2D eigenvalue weighted by atomic mass is 10.2. The number of benzene rings is 1. The summed E-state index contributed by atoms with van der Waals surface area (Å²) in [6, 6.07) is 10.6. The van der Waals surface area contributed by atoms with Gasteiger partial charge in [0.25, 0.3) is 0 Å². The summed E-state index contributed by atoms with van der Waals surface area (Å²) in [6.07, 6.45) is 0.458. The summed E-state index contributed by atoms with van der Waals surface area (Å²) >= 11 is 0. The Hall–Kier alpha value is -1.57. The monoisotopic (exact) mass is 287 g/mol. The third-order valence-electron chi connectivity index (χ3n) is 4.14. The number of likely N-dealkylation sites (N-methyl/N-ethyl adjacent to an activating group) is 1. The van der Waals surface area contributed by atoms with E-state index in [1.54, 1.807) is 0 Å². The highest BCUT2D eigenvalue weighted by molar-refractivity contribution is 5.28. The van der Waals surface area contributed by atoms with Gasteiger partial charge in [-0.3, -0.25) is 9.80 Å². The lowest BCUT2D eigenvalue weighted by Gasteiger charge is -2.39. The summed E-state index contributed by atoms with van der Waals surface area (Å²) in [7, 11) is 0. The maximum absolute atomic E-state index is 8.64. The predicted octanol–water partition coefficient (Wildman–Crippen LogP) is 2.16. The van der Waals surface area contributed by atoms with Gasteiger partial charge in [0.05, 0.1) is 12.5 Å². The van der Waals surface area contributed by atoms with E-state index >= 15 is 0 Å². The van der Waals surface area contributed by atoms with E-state index < -0.39 is 0 Å². The third-order valence-corrected chi connectivity index (χ3v) is 4.14. The normalized spacial score (nSPS) is 20.1. The molecular formula is C17H25N3O. The van der Waals surface area contributed by atoms with Crippen LogP contribution in [0.3, 0.4) is 0 Å². The molecular weight excluding hydrogens is 262 g/mol. The zero-order chi connectivity index (χ0) is 15.1. The van der Waals surface area contributed by atoms with Gasteiger partial charge in [0.15, 0.2) is 0 Å². The van der Waals surface area contributed by atoms with Gasteiger partial charge in [-0.1, -0.05) is 19.1 Å². The summed E-state index contributed by atoms with van der Waals surface area (Å²) in [5.74, 6) is 0.886. The zero-order valence-electron chi connectivity index (χ0n) is 13.1. The van der Waals surface area contributed by atoms with E-state index in [1.165, 1.54) is 0 Å². The van der Waals surface area contributed by atoms with E-state index in [1.807, 2.05) is 24.3 Å². The van der Waals surface area contributed by atoms with E-state index in [4.69, 9.17) is 10.00 Å². The minimum absolute atomic E-state index is 0.458. The molecule has 1 atom stereocenters. The van der Waals surface area contributed by atoms with Crippen LogP contribution in [0.2, 0.25) is 0 Å². The summed E-state index contributed by atoms with van der Waals surface area (Å²) < 4.78 is 5.79. The Kier molecular flexibility index (Phi) is 6.04. The Morgan fingerprint density at radius 2 is 2.05 bits per heavy atom. The highest BCUT2D eigenvalue weighted by Gasteiger charge is 2.21. The fourth-order valence-corrected chi connectivity index (χ4v) is 2.83. The van der Waals surface area contributed by atoms with Crippen LogP contribution in [-0.2, 0) is 6.42 Å². The molecule has 1 aromatic rings. The molecule has 1 fully saturated rings. The second-order valence-electron chi connectivity index (χ2n) is 5.61. The SMILES string of the molecule is CCN1CCN(CCOc2ccc(CC#N)cc2)CC1C. The lowest BCUT2D eigenvalue weighted by Crippen LogP contribution is -2.52. The number of hydrogen-bond donors (Lipinski definition) is 0. The molecule has 0 spiro atoms. The van der Waals surface area contributed by atoms with E-state index in [2.05, 4.69) is 29.7 Å². The van der Waals surface area contributed by atoms with Gasteiger partial charge < -0.3 is 4.74 Å². The van der Waals surface area contributed by atoms with Crippen LogP contribution in [0.4, 0.5) is 0 Å². The summed E-state index contributed by atoms with van der Waals surface area (Å²) in [6.45, 7) is 10.8. The summed E-state index contributed by atoms with van der Waals surface area (Å²) in [5, 5.41) is 8.64. The first-order valence-electron chi connectivity index (χ1n) is 7.78. The Balaban J connectivity index is 1.71. The second kappa shape index (κ2) is 8.02. The van der Waals surface area contributed by atoms with E-state index in [0.29, 0.717) is 12.5 Å². The first-order chi connectivity index (χ1) is 10.2. The highest BCUT2D eigenvalue weighted by Crippen LogP contribution is 2.13. The fraction of sp³-hybridized carbons (Fsp3) is 0.588. The molecule has 0 aliphatic carbocycles. The van der Waals surface area contributed by atoms with Crippen molar-refractivity contribution in [2.24, 2.45) is 0 Å². The molecule has 1 aliphatic rings. The van der Waals surface area contributed by atoms with Crippen molar-refractivity contribution in [3.63, 3.8) is 0 Å². The summed E-state index contributed by atoms with van der Waals surface area (Å²) in [5.41, 5.74) is 1.04. The fourth-order valence-electron chi connectivity index (χ4n) is 2.83. The Morgan fingerprint density at radius 1 is 1.29 bits per heavy atom. The van der Waals surface area contributed by atoms with Gasteiger partial charge in [-0.15, -0.1) is 0 Å². The number of hydrogen-bond acceptors (Lipinski definition) is 4. The minimum atomic E-state index is 0.458. The number of nitrogens with zero attached hydrogens (tertiary/aromatic N) is 3. The first kappa shape index (κ1) is 15.8. The summed E-state index contributed by atoms with van der Waals surface area (Å²) in [4.78, 5) is 4.99. The van der Waals surface area contributed by atoms with Gasteiger partial charge in [0.1, 0.15) is 12.4 Å². The minimum Gasteiger partial charge on any atom is -0.492 e. The standard InChI is InChI=1S/C17H25N3O/c1-3-20-11-10-19(14-15(20)2)12-13-21-17-6-4-16(5-7-17)8-9-18/h4-7,15H,3,8,10-14H2,1-2H3. The van der Waals surface area contributed by atoms with Crippen molar-refractivity contribution in [3.8, 4) is 11.8 Å². The van der Waals surface area contributed by atoms with Crippen LogP contribution in [-0.4, -0.2) is 55.2 Å². The van der Waals surface area contributed by atoms with Crippen molar-refractivity contribution in [3.05, 3.63) is 29.8 Å². The molecule has 21 heavy (non-hydrogen) atoms. The van der Waals surface area contributed by atoms with Gasteiger partial charge in [0, 0.05) is 32.2 Å². The second-order valence-corrected chi connectivity index (χ2v) is 5.61. The molecule has 4 heteroatoms. The molecule has 4 nitrogen and oxygen atoms in total. The highest BCUT2D eigenvalue weighted by atomic mass is 16.5. The molecule has 114 valence electrons. The molecule has 0 amide bonds. The topological polar surface area (TPSA) is 39.5 Å². The van der Waals surface area contributed by atoms with Gasteiger partial charge in [-0.05, 0) is 31.2 Å². The molecule has 1 unspecified atom stereocenters. The van der Waals surface area contributed by atoms with E-state index in [9.17, 15) is 0 Å². The number of rotatable bonds is 6. The van der Waals surface area contributed by atoms with Gasteiger partial charge in [-0.25, -0.2) is 0 Å². The van der Waals surface area contributed by atoms with Crippen molar-refractivity contribution in [1.82, 2.24) is 9.80 Å². The molecule has 1 saturated heterocycles. The van der Waals surface area contributed by atoms with E-state index in [0.717, 1.165) is 50.6 Å². The van der Waals surface area contributed by atoms with Crippen LogP contribution < -0.4 is 4.74 Å². The quantitative estimate of drug-likeness (QED) is 0.804. The molecule has 0 bridgehead atoms.